The molecule has 0 aromatic heterocycles. The first-order valence-corrected chi connectivity index (χ1v) is 8.21. The van der Waals surface area contributed by atoms with E-state index in [9.17, 15) is 9.90 Å². The standard InChI is InChI=1S/C16H25NO3S/c1-12-6-5-7-13(2)15(12)20-10-14(18)17-8-9-21-11-16(3,4)19/h5-7,19H,8-11H2,1-4H3,(H,17,18). The summed E-state index contributed by atoms with van der Waals surface area (Å²) in [5.74, 6) is 2.09. The molecule has 0 fully saturated rings. The van der Waals surface area contributed by atoms with Gasteiger partial charge in [0.25, 0.3) is 5.91 Å². The molecule has 0 heterocycles. The molecule has 5 heteroatoms. The van der Waals surface area contributed by atoms with Gasteiger partial charge in [-0.25, -0.2) is 0 Å². The Morgan fingerprint density at radius 3 is 2.52 bits per heavy atom. The van der Waals surface area contributed by atoms with E-state index in [1.807, 2.05) is 32.0 Å². The van der Waals surface area contributed by atoms with E-state index in [4.69, 9.17) is 4.74 Å². The minimum Gasteiger partial charge on any atom is -0.483 e. The van der Waals surface area contributed by atoms with Crippen LogP contribution in [0.5, 0.6) is 5.75 Å². The normalized spacial score (nSPS) is 11.3. The summed E-state index contributed by atoms with van der Waals surface area (Å²) in [7, 11) is 0. The van der Waals surface area contributed by atoms with Crippen LogP contribution >= 0.6 is 11.8 Å². The minimum absolute atomic E-state index is 0.0296. The third-order valence-electron chi connectivity index (χ3n) is 2.78. The van der Waals surface area contributed by atoms with Gasteiger partial charge < -0.3 is 15.2 Å². The molecule has 0 unspecified atom stereocenters. The Labute approximate surface area is 131 Å². The number of benzene rings is 1. The molecule has 0 aliphatic heterocycles. The van der Waals surface area contributed by atoms with Gasteiger partial charge in [-0.1, -0.05) is 18.2 Å². The van der Waals surface area contributed by atoms with Gasteiger partial charge in [0.2, 0.25) is 0 Å². The summed E-state index contributed by atoms with van der Waals surface area (Å²) in [6.45, 7) is 8.09. The molecule has 0 saturated heterocycles. The number of ether oxygens (including phenoxy) is 1. The first-order valence-electron chi connectivity index (χ1n) is 7.05. The van der Waals surface area contributed by atoms with Gasteiger partial charge in [0, 0.05) is 18.1 Å². The summed E-state index contributed by atoms with van der Waals surface area (Å²) in [6, 6.07) is 5.90. The van der Waals surface area contributed by atoms with Gasteiger partial charge in [-0.15, -0.1) is 0 Å². The maximum Gasteiger partial charge on any atom is 0.257 e. The van der Waals surface area contributed by atoms with Crippen molar-refractivity contribution < 1.29 is 14.6 Å². The van der Waals surface area contributed by atoms with Gasteiger partial charge in [0.05, 0.1) is 5.60 Å². The van der Waals surface area contributed by atoms with E-state index in [0.29, 0.717) is 12.3 Å². The third-order valence-corrected chi connectivity index (χ3v) is 4.18. The highest BCUT2D eigenvalue weighted by molar-refractivity contribution is 7.99. The molecule has 0 saturated carbocycles. The Morgan fingerprint density at radius 1 is 1.33 bits per heavy atom. The van der Waals surface area contributed by atoms with Gasteiger partial charge in [0.15, 0.2) is 6.61 Å². The van der Waals surface area contributed by atoms with Crippen LogP contribution in [0.2, 0.25) is 0 Å². The van der Waals surface area contributed by atoms with Crippen molar-refractivity contribution in [3.05, 3.63) is 29.3 Å². The molecule has 2 N–H and O–H groups in total. The second-order valence-electron chi connectivity index (χ2n) is 5.72. The zero-order valence-corrected chi connectivity index (χ0v) is 14.0. The first kappa shape index (κ1) is 17.9. The predicted octanol–water partition coefficient (Wildman–Crippen LogP) is 2.30. The lowest BCUT2D eigenvalue weighted by Gasteiger charge is -2.16. The molecular formula is C16H25NO3S. The third kappa shape index (κ3) is 7.39. The molecule has 4 nitrogen and oxygen atoms in total. The smallest absolute Gasteiger partial charge is 0.257 e. The summed E-state index contributed by atoms with van der Waals surface area (Å²) in [6.07, 6.45) is 0. The number of nitrogens with one attached hydrogen (secondary N) is 1. The molecule has 0 atom stereocenters. The van der Waals surface area contributed by atoms with Crippen LogP contribution in [-0.2, 0) is 4.79 Å². The summed E-state index contributed by atoms with van der Waals surface area (Å²) in [5.41, 5.74) is 1.40. The number of aryl methyl sites for hydroxylation is 2. The Hall–Kier alpha value is -1.20. The van der Waals surface area contributed by atoms with Crippen molar-refractivity contribution >= 4 is 17.7 Å². The fourth-order valence-electron chi connectivity index (χ4n) is 1.80. The highest BCUT2D eigenvalue weighted by atomic mass is 32.2. The van der Waals surface area contributed by atoms with Crippen LogP contribution in [0.4, 0.5) is 0 Å². The first-order chi connectivity index (χ1) is 9.79. The molecule has 0 aliphatic rings. The molecular weight excluding hydrogens is 286 g/mol. The second kappa shape index (κ2) is 8.29. The van der Waals surface area contributed by atoms with Crippen LogP contribution in [0.3, 0.4) is 0 Å². The number of hydrogen-bond acceptors (Lipinski definition) is 4. The zero-order valence-electron chi connectivity index (χ0n) is 13.2. The summed E-state index contributed by atoms with van der Waals surface area (Å²) in [5, 5.41) is 12.4. The number of hydrogen-bond donors (Lipinski definition) is 2. The summed E-state index contributed by atoms with van der Waals surface area (Å²) < 4.78 is 5.58. The monoisotopic (exact) mass is 311 g/mol. The Bertz CT molecular complexity index is 449. The van der Waals surface area contributed by atoms with Gasteiger partial charge in [-0.3, -0.25) is 4.79 Å². The van der Waals surface area contributed by atoms with E-state index < -0.39 is 5.60 Å². The largest absolute Gasteiger partial charge is 0.483 e. The maximum atomic E-state index is 11.7. The predicted molar refractivity (Wildman–Crippen MR) is 88.0 cm³/mol. The van der Waals surface area contributed by atoms with E-state index >= 15 is 0 Å². The SMILES string of the molecule is Cc1cccc(C)c1OCC(=O)NCCSCC(C)(C)O. The average Bonchev–Trinajstić information content (AvgIpc) is 2.36. The molecule has 0 aliphatic carbocycles. The van der Waals surface area contributed by atoms with Crippen LogP contribution in [-0.4, -0.2) is 41.3 Å². The maximum absolute atomic E-state index is 11.7. The van der Waals surface area contributed by atoms with Crippen LogP contribution in [0.15, 0.2) is 18.2 Å². The van der Waals surface area contributed by atoms with Crippen molar-refractivity contribution in [1.82, 2.24) is 5.32 Å². The fourth-order valence-corrected chi connectivity index (χ4v) is 2.69. The lowest BCUT2D eigenvalue weighted by molar-refractivity contribution is -0.122. The number of rotatable bonds is 8. The number of carbonyl (C=O) groups excluding carboxylic acids is 1. The lowest BCUT2D eigenvalue weighted by atomic mass is 10.1. The summed E-state index contributed by atoms with van der Waals surface area (Å²) in [4.78, 5) is 11.7. The molecule has 1 aromatic rings. The van der Waals surface area contributed by atoms with Gasteiger partial charge in [-0.2, -0.15) is 11.8 Å². The number of para-hydroxylation sites is 1. The van der Waals surface area contributed by atoms with Crippen molar-refractivity contribution in [3.8, 4) is 5.75 Å². The Kier molecular flexibility index (Phi) is 7.05. The topological polar surface area (TPSA) is 58.6 Å². The summed E-state index contributed by atoms with van der Waals surface area (Å²) >= 11 is 1.62. The van der Waals surface area contributed by atoms with E-state index in [1.54, 1.807) is 25.6 Å². The van der Waals surface area contributed by atoms with Gasteiger partial charge in [-0.05, 0) is 38.8 Å². The molecule has 0 bridgehead atoms. The lowest BCUT2D eigenvalue weighted by Crippen LogP contribution is -2.31. The van der Waals surface area contributed by atoms with Gasteiger partial charge >= 0.3 is 0 Å². The molecule has 0 spiro atoms. The zero-order chi connectivity index (χ0) is 15.9. The second-order valence-corrected chi connectivity index (χ2v) is 6.83. The van der Waals surface area contributed by atoms with E-state index in [0.717, 1.165) is 22.6 Å². The Morgan fingerprint density at radius 2 is 1.95 bits per heavy atom. The van der Waals surface area contributed by atoms with E-state index in [1.165, 1.54) is 0 Å². The van der Waals surface area contributed by atoms with Crippen molar-refractivity contribution in [2.45, 2.75) is 33.3 Å². The van der Waals surface area contributed by atoms with Crippen molar-refractivity contribution in [2.75, 3.05) is 24.7 Å². The average molecular weight is 311 g/mol. The van der Waals surface area contributed by atoms with Crippen molar-refractivity contribution in [2.24, 2.45) is 0 Å². The fraction of sp³-hybridized carbons (Fsp3) is 0.562. The molecule has 21 heavy (non-hydrogen) atoms. The van der Waals surface area contributed by atoms with Crippen LogP contribution in [0, 0.1) is 13.8 Å². The molecule has 1 aromatic carbocycles. The highest BCUT2D eigenvalue weighted by Crippen LogP contribution is 2.21. The minimum atomic E-state index is -0.667. The molecule has 1 rings (SSSR count). The van der Waals surface area contributed by atoms with Crippen molar-refractivity contribution in [1.29, 1.82) is 0 Å². The molecule has 118 valence electrons. The van der Waals surface area contributed by atoms with Gasteiger partial charge in [0.1, 0.15) is 5.75 Å². The van der Waals surface area contributed by atoms with E-state index in [-0.39, 0.29) is 12.5 Å². The van der Waals surface area contributed by atoms with Crippen molar-refractivity contribution in [3.63, 3.8) is 0 Å². The van der Waals surface area contributed by atoms with Crippen LogP contribution in [0.25, 0.3) is 0 Å². The quantitative estimate of drug-likeness (QED) is 0.723. The van der Waals surface area contributed by atoms with Crippen LogP contribution < -0.4 is 10.1 Å². The number of carbonyl (C=O) groups is 1. The number of amides is 1. The number of thioether (sulfide) groups is 1. The highest BCUT2D eigenvalue weighted by Gasteiger charge is 2.12. The molecule has 0 radical (unpaired) electrons. The van der Waals surface area contributed by atoms with Crippen LogP contribution in [0.1, 0.15) is 25.0 Å². The number of aliphatic hydroxyl groups is 1. The Balaban J connectivity index is 2.23. The molecule has 1 amide bonds. The van der Waals surface area contributed by atoms with E-state index in [2.05, 4.69) is 5.32 Å².